The molecule has 0 aliphatic carbocycles. The van der Waals surface area contributed by atoms with E-state index in [1.165, 1.54) is 12.1 Å². The first-order chi connectivity index (χ1) is 6.75. The zero-order chi connectivity index (χ0) is 10.4. The molecule has 0 amide bonds. The molecule has 1 N–H and O–H groups in total. The third kappa shape index (κ3) is 3.00. The van der Waals surface area contributed by atoms with Gasteiger partial charge in [0.2, 0.25) is 0 Å². The Bertz CT molecular complexity index is 326. The summed E-state index contributed by atoms with van der Waals surface area (Å²) >= 11 is 5.39. The monoisotopic (exact) mass is 217 g/mol. The fraction of sp³-hybridized carbons (Fsp3) is 0.200. The minimum atomic E-state index is -0.855. The first-order valence-electron chi connectivity index (χ1n) is 4.14. The molecule has 0 spiro atoms. The number of allylic oxidation sites excluding steroid dienone is 1. The lowest BCUT2D eigenvalue weighted by atomic mass is 10.3. The predicted molar refractivity (Wildman–Crippen MR) is 54.7 cm³/mol. The molecule has 0 atom stereocenters. The van der Waals surface area contributed by atoms with E-state index in [9.17, 15) is 8.78 Å². The molecule has 0 aliphatic heterocycles. The minimum absolute atomic E-state index is 0.157. The molecule has 0 aliphatic rings. The summed E-state index contributed by atoms with van der Waals surface area (Å²) in [6, 6.07) is 4.01. The molecular weight excluding hydrogens is 208 g/mol. The smallest absolute Gasteiger partial charge is 0.181 e. The summed E-state index contributed by atoms with van der Waals surface area (Å²) in [7, 11) is 0. The van der Waals surface area contributed by atoms with Crippen LogP contribution in [0.5, 0.6) is 0 Å². The molecule has 0 radical (unpaired) electrons. The molecule has 0 fully saturated rings. The first kappa shape index (κ1) is 11.0. The number of anilines is 1. The van der Waals surface area contributed by atoms with Crippen LogP contribution >= 0.6 is 11.6 Å². The molecular formula is C10H10ClF2N. The van der Waals surface area contributed by atoms with Gasteiger partial charge in [0, 0.05) is 12.4 Å². The average molecular weight is 218 g/mol. The summed E-state index contributed by atoms with van der Waals surface area (Å²) < 4.78 is 25.7. The van der Waals surface area contributed by atoms with E-state index in [0.717, 1.165) is 6.07 Å². The largest absolute Gasteiger partial charge is 0.379 e. The van der Waals surface area contributed by atoms with Gasteiger partial charge < -0.3 is 5.32 Å². The van der Waals surface area contributed by atoms with Crippen molar-refractivity contribution in [1.82, 2.24) is 0 Å². The van der Waals surface area contributed by atoms with Crippen molar-refractivity contribution in [3.63, 3.8) is 0 Å². The highest BCUT2D eigenvalue weighted by atomic mass is 35.5. The van der Waals surface area contributed by atoms with Gasteiger partial charge in [0.15, 0.2) is 11.6 Å². The van der Waals surface area contributed by atoms with Gasteiger partial charge in [-0.05, 0) is 12.1 Å². The van der Waals surface area contributed by atoms with Crippen molar-refractivity contribution in [3.8, 4) is 0 Å². The maximum absolute atomic E-state index is 13.0. The molecule has 1 nitrogen and oxygen atoms in total. The van der Waals surface area contributed by atoms with Gasteiger partial charge in [0.25, 0.3) is 0 Å². The Kier molecular flexibility index (Phi) is 4.40. The quantitative estimate of drug-likeness (QED) is 0.604. The topological polar surface area (TPSA) is 12.0 Å². The van der Waals surface area contributed by atoms with E-state index in [4.69, 9.17) is 11.6 Å². The number of benzene rings is 1. The Morgan fingerprint density at radius 2 is 2.07 bits per heavy atom. The van der Waals surface area contributed by atoms with Gasteiger partial charge in [-0.25, -0.2) is 8.78 Å². The van der Waals surface area contributed by atoms with Gasteiger partial charge >= 0.3 is 0 Å². The van der Waals surface area contributed by atoms with Crippen molar-refractivity contribution in [2.45, 2.75) is 0 Å². The number of halogens is 3. The lowest BCUT2D eigenvalue weighted by molar-refractivity contribution is 0.511. The third-order valence-electron chi connectivity index (χ3n) is 1.62. The molecule has 0 unspecified atom stereocenters. The van der Waals surface area contributed by atoms with Crippen LogP contribution in [-0.4, -0.2) is 12.4 Å². The minimum Gasteiger partial charge on any atom is -0.379 e. The molecule has 0 saturated heterocycles. The van der Waals surface area contributed by atoms with Crippen LogP contribution < -0.4 is 5.32 Å². The third-order valence-corrected chi connectivity index (χ3v) is 1.80. The molecule has 76 valence electrons. The van der Waals surface area contributed by atoms with E-state index in [1.54, 1.807) is 12.2 Å². The SMILES string of the molecule is Fc1cccc(NC/C=C/CCl)c1F. The molecule has 4 heteroatoms. The molecule has 1 aromatic rings. The van der Waals surface area contributed by atoms with Gasteiger partial charge in [-0.3, -0.25) is 0 Å². The van der Waals surface area contributed by atoms with Gasteiger partial charge in [0.05, 0.1) is 5.69 Å². The highest BCUT2D eigenvalue weighted by Crippen LogP contribution is 2.15. The van der Waals surface area contributed by atoms with E-state index in [1.807, 2.05) is 0 Å². The van der Waals surface area contributed by atoms with Crippen molar-refractivity contribution >= 4 is 17.3 Å². The number of alkyl halides is 1. The summed E-state index contributed by atoms with van der Waals surface area (Å²) in [6.45, 7) is 0.424. The Balaban J connectivity index is 2.59. The molecule has 0 bridgehead atoms. The second-order valence-electron chi connectivity index (χ2n) is 2.61. The molecule has 1 aromatic carbocycles. The fourth-order valence-corrected chi connectivity index (χ4v) is 1.08. The van der Waals surface area contributed by atoms with Crippen LogP contribution in [0.4, 0.5) is 14.5 Å². The predicted octanol–water partition coefficient (Wildman–Crippen LogP) is 3.17. The van der Waals surface area contributed by atoms with Gasteiger partial charge in [-0.2, -0.15) is 0 Å². The van der Waals surface area contributed by atoms with Gasteiger partial charge in [-0.15, -0.1) is 11.6 Å². The molecule has 0 heterocycles. The summed E-state index contributed by atoms with van der Waals surface area (Å²) in [6.07, 6.45) is 3.48. The number of hydrogen-bond donors (Lipinski definition) is 1. The second kappa shape index (κ2) is 5.60. The van der Waals surface area contributed by atoms with Crippen LogP contribution in [0.3, 0.4) is 0 Å². The second-order valence-corrected chi connectivity index (χ2v) is 2.92. The van der Waals surface area contributed by atoms with Crippen molar-refractivity contribution in [3.05, 3.63) is 42.0 Å². The number of rotatable bonds is 4. The van der Waals surface area contributed by atoms with Crippen LogP contribution in [0.1, 0.15) is 0 Å². The van der Waals surface area contributed by atoms with Gasteiger partial charge in [0.1, 0.15) is 0 Å². The summed E-state index contributed by atoms with van der Waals surface area (Å²) in [4.78, 5) is 0. The lowest BCUT2D eigenvalue weighted by Gasteiger charge is -2.04. The van der Waals surface area contributed by atoms with Crippen molar-refractivity contribution in [2.24, 2.45) is 0 Å². The highest BCUT2D eigenvalue weighted by Gasteiger charge is 2.05. The van der Waals surface area contributed by atoms with Crippen LogP contribution in [0, 0.1) is 11.6 Å². The first-order valence-corrected chi connectivity index (χ1v) is 4.68. The Hall–Kier alpha value is -1.09. The number of hydrogen-bond acceptors (Lipinski definition) is 1. The zero-order valence-corrected chi connectivity index (χ0v) is 8.19. The Morgan fingerprint density at radius 1 is 1.29 bits per heavy atom. The number of nitrogens with one attached hydrogen (secondary N) is 1. The van der Waals surface area contributed by atoms with E-state index in [2.05, 4.69) is 5.32 Å². The molecule has 14 heavy (non-hydrogen) atoms. The summed E-state index contributed by atoms with van der Waals surface area (Å²) in [5, 5.41) is 2.73. The van der Waals surface area contributed by atoms with Gasteiger partial charge in [-0.1, -0.05) is 18.2 Å². The van der Waals surface area contributed by atoms with Crippen LogP contribution in [0.15, 0.2) is 30.4 Å². The average Bonchev–Trinajstić information content (AvgIpc) is 2.19. The van der Waals surface area contributed by atoms with Crippen LogP contribution in [0.2, 0.25) is 0 Å². The normalized spacial score (nSPS) is 10.8. The Morgan fingerprint density at radius 3 is 2.79 bits per heavy atom. The van der Waals surface area contributed by atoms with Crippen LogP contribution in [-0.2, 0) is 0 Å². The van der Waals surface area contributed by atoms with Crippen LogP contribution in [0.25, 0.3) is 0 Å². The zero-order valence-electron chi connectivity index (χ0n) is 7.43. The summed E-state index contributed by atoms with van der Waals surface area (Å²) in [5.41, 5.74) is 0.157. The van der Waals surface area contributed by atoms with E-state index in [0.29, 0.717) is 12.4 Å². The van der Waals surface area contributed by atoms with E-state index in [-0.39, 0.29) is 5.69 Å². The highest BCUT2D eigenvalue weighted by molar-refractivity contribution is 6.18. The van der Waals surface area contributed by atoms with Crippen molar-refractivity contribution in [1.29, 1.82) is 0 Å². The lowest BCUT2D eigenvalue weighted by Crippen LogP contribution is -2.01. The van der Waals surface area contributed by atoms with E-state index >= 15 is 0 Å². The fourth-order valence-electron chi connectivity index (χ4n) is 0.956. The van der Waals surface area contributed by atoms with Crippen molar-refractivity contribution in [2.75, 3.05) is 17.7 Å². The summed E-state index contributed by atoms with van der Waals surface area (Å²) in [5.74, 6) is -1.30. The molecule has 0 aromatic heterocycles. The molecule has 0 saturated carbocycles. The maximum atomic E-state index is 13.0. The Labute approximate surface area is 86.4 Å². The molecule has 1 rings (SSSR count). The van der Waals surface area contributed by atoms with Crippen molar-refractivity contribution < 1.29 is 8.78 Å². The maximum Gasteiger partial charge on any atom is 0.181 e. The standard InChI is InChI=1S/C10H10ClF2N/c11-6-1-2-7-14-9-5-3-4-8(12)10(9)13/h1-5,14H,6-7H2/b2-1+. The van der Waals surface area contributed by atoms with E-state index < -0.39 is 11.6 Å².